The van der Waals surface area contributed by atoms with E-state index in [9.17, 15) is 9.59 Å². The average Bonchev–Trinajstić information content (AvgIpc) is 2.91. The van der Waals surface area contributed by atoms with Crippen LogP contribution < -0.4 is 11.4 Å². The highest BCUT2D eigenvalue weighted by Crippen LogP contribution is 2.19. The Morgan fingerprint density at radius 2 is 1.85 bits per heavy atom. The number of nitrogens with zero attached hydrogens (tertiary/aromatic N) is 1. The zero-order valence-electron chi connectivity index (χ0n) is 11.0. The van der Waals surface area contributed by atoms with Gasteiger partial charge in [-0.1, -0.05) is 19.1 Å². The van der Waals surface area contributed by atoms with Crippen LogP contribution in [0.5, 0.6) is 0 Å². The van der Waals surface area contributed by atoms with Crippen molar-refractivity contribution in [3.8, 4) is 0 Å². The Hall–Kier alpha value is -2.14. The molecule has 4 nitrogen and oxygen atoms in total. The Bertz CT molecular complexity index is 872. The molecule has 3 rings (SSSR count). The van der Waals surface area contributed by atoms with Crippen molar-refractivity contribution in [1.82, 2.24) is 4.57 Å². The lowest BCUT2D eigenvalue weighted by Gasteiger charge is -2.06. The topological polar surface area (TPSA) is 52.2 Å². The van der Waals surface area contributed by atoms with Gasteiger partial charge in [0.1, 0.15) is 0 Å². The van der Waals surface area contributed by atoms with Gasteiger partial charge in [-0.25, -0.2) is 9.59 Å². The van der Waals surface area contributed by atoms with Crippen LogP contribution in [0.4, 0.5) is 0 Å². The molecule has 1 aromatic carbocycles. The molecule has 5 heteroatoms. The summed E-state index contributed by atoms with van der Waals surface area (Å²) in [6.07, 6.45) is 0.976. The second-order valence-electron chi connectivity index (χ2n) is 4.48. The number of thiophene rings is 1. The van der Waals surface area contributed by atoms with Gasteiger partial charge in [-0.2, -0.15) is 0 Å². The molecule has 0 N–H and O–H groups in total. The van der Waals surface area contributed by atoms with Crippen molar-refractivity contribution < 1.29 is 4.42 Å². The predicted molar refractivity (Wildman–Crippen MR) is 79.5 cm³/mol. The van der Waals surface area contributed by atoms with E-state index in [4.69, 9.17) is 4.42 Å². The molecule has 0 aliphatic heterocycles. The van der Waals surface area contributed by atoms with Gasteiger partial charge < -0.3 is 4.42 Å². The summed E-state index contributed by atoms with van der Waals surface area (Å²) in [5, 5.41) is 0.430. The summed E-state index contributed by atoms with van der Waals surface area (Å²) in [5.74, 6) is -0.611. The molecule has 0 amide bonds. The molecular formula is C15H13NO3S. The van der Waals surface area contributed by atoms with Gasteiger partial charge in [0.2, 0.25) is 0 Å². The highest BCUT2D eigenvalue weighted by Gasteiger charge is 2.10. The fraction of sp³-hybridized carbons (Fsp3) is 0.200. The molecular weight excluding hydrogens is 274 g/mol. The van der Waals surface area contributed by atoms with Crippen LogP contribution in [-0.4, -0.2) is 4.57 Å². The minimum Gasteiger partial charge on any atom is -0.372 e. The van der Waals surface area contributed by atoms with Crippen LogP contribution in [0, 0.1) is 0 Å². The van der Waals surface area contributed by atoms with Crippen molar-refractivity contribution in [1.29, 1.82) is 0 Å². The second-order valence-corrected chi connectivity index (χ2v) is 5.73. The lowest BCUT2D eigenvalue weighted by Crippen LogP contribution is -2.25. The van der Waals surface area contributed by atoms with Gasteiger partial charge in [0, 0.05) is 9.75 Å². The number of hydrogen-bond acceptors (Lipinski definition) is 4. The first-order valence-corrected chi connectivity index (χ1v) is 7.21. The van der Waals surface area contributed by atoms with E-state index in [2.05, 4.69) is 13.0 Å². The standard InChI is InChI=1S/C15H13NO3S/c1-2-10-7-8-11(20-10)9-16-13-6-4-3-5-12(13)14(17)19-15(16)18/h3-8H,2,9H2,1H3. The molecule has 102 valence electrons. The lowest BCUT2D eigenvalue weighted by molar-refractivity contribution is 0.425. The molecule has 3 aromatic rings. The SMILES string of the molecule is CCc1ccc(Cn2c(=O)oc(=O)c3ccccc32)s1. The van der Waals surface area contributed by atoms with Crippen molar-refractivity contribution in [3.63, 3.8) is 0 Å². The van der Waals surface area contributed by atoms with E-state index in [-0.39, 0.29) is 0 Å². The monoisotopic (exact) mass is 287 g/mol. The van der Waals surface area contributed by atoms with Crippen molar-refractivity contribution >= 4 is 22.2 Å². The van der Waals surface area contributed by atoms with Crippen LogP contribution in [0.1, 0.15) is 16.7 Å². The number of rotatable bonds is 3. The molecule has 0 fully saturated rings. The number of aromatic nitrogens is 1. The minimum absolute atomic E-state index is 0.424. The minimum atomic E-state index is -0.611. The maximum absolute atomic E-state index is 11.9. The smallest absolute Gasteiger partial charge is 0.372 e. The van der Waals surface area contributed by atoms with E-state index in [1.54, 1.807) is 29.5 Å². The Balaban J connectivity index is 2.16. The number of hydrogen-bond donors (Lipinski definition) is 0. The summed E-state index contributed by atoms with van der Waals surface area (Å²) >= 11 is 1.67. The summed E-state index contributed by atoms with van der Waals surface area (Å²) in [6.45, 7) is 2.52. The van der Waals surface area contributed by atoms with Crippen molar-refractivity contribution in [2.24, 2.45) is 0 Å². The number of benzene rings is 1. The zero-order valence-corrected chi connectivity index (χ0v) is 11.8. The fourth-order valence-electron chi connectivity index (χ4n) is 2.17. The Kier molecular flexibility index (Phi) is 3.28. The Morgan fingerprint density at radius 1 is 1.10 bits per heavy atom. The molecule has 0 bridgehead atoms. The van der Waals surface area contributed by atoms with Crippen LogP contribution in [-0.2, 0) is 13.0 Å². The number of aryl methyl sites for hydroxylation is 1. The normalized spacial score (nSPS) is 11.1. The van der Waals surface area contributed by atoms with Gasteiger partial charge in [-0.05, 0) is 30.7 Å². The van der Waals surface area contributed by atoms with Gasteiger partial charge in [0.05, 0.1) is 17.4 Å². The van der Waals surface area contributed by atoms with Gasteiger partial charge in [0.15, 0.2) is 0 Å². The first-order valence-electron chi connectivity index (χ1n) is 6.39. The van der Waals surface area contributed by atoms with E-state index in [1.807, 2.05) is 12.1 Å². The van der Waals surface area contributed by atoms with Crippen molar-refractivity contribution in [3.05, 3.63) is 67.1 Å². The largest absolute Gasteiger partial charge is 0.422 e. The zero-order chi connectivity index (χ0) is 14.1. The number of para-hydroxylation sites is 1. The molecule has 0 saturated heterocycles. The van der Waals surface area contributed by atoms with Crippen LogP contribution >= 0.6 is 11.3 Å². The molecule has 0 aliphatic rings. The van der Waals surface area contributed by atoms with Gasteiger partial charge >= 0.3 is 11.4 Å². The van der Waals surface area contributed by atoms with E-state index in [1.165, 1.54) is 9.44 Å². The molecule has 20 heavy (non-hydrogen) atoms. The number of fused-ring (bicyclic) bond motifs is 1. The molecule has 0 saturated carbocycles. The summed E-state index contributed by atoms with van der Waals surface area (Å²) < 4.78 is 6.29. The Labute approximate surface area is 118 Å². The molecule has 0 spiro atoms. The quantitative estimate of drug-likeness (QED) is 0.744. The average molecular weight is 287 g/mol. The second kappa shape index (κ2) is 5.09. The molecule has 0 radical (unpaired) electrons. The van der Waals surface area contributed by atoms with Crippen LogP contribution in [0.15, 0.2) is 50.4 Å². The summed E-state index contributed by atoms with van der Waals surface area (Å²) in [6, 6.07) is 11.1. The van der Waals surface area contributed by atoms with Crippen LogP contribution in [0.3, 0.4) is 0 Å². The maximum atomic E-state index is 11.9. The summed E-state index contributed by atoms with van der Waals surface area (Å²) in [4.78, 5) is 26.0. The molecule has 0 atom stereocenters. The third-order valence-electron chi connectivity index (χ3n) is 3.19. The fourth-order valence-corrected chi connectivity index (χ4v) is 3.12. The van der Waals surface area contributed by atoms with E-state index >= 15 is 0 Å². The molecule has 0 aliphatic carbocycles. The predicted octanol–water partition coefficient (Wildman–Crippen LogP) is 2.63. The first kappa shape index (κ1) is 12.9. The van der Waals surface area contributed by atoms with Crippen molar-refractivity contribution in [2.75, 3.05) is 0 Å². The highest BCUT2D eigenvalue weighted by molar-refractivity contribution is 7.11. The third-order valence-corrected chi connectivity index (χ3v) is 4.41. The lowest BCUT2D eigenvalue weighted by atomic mass is 10.2. The van der Waals surface area contributed by atoms with Crippen molar-refractivity contribution in [2.45, 2.75) is 19.9 Å². The highest BCUT2D eigenvalue weighted by atomic mass is 32.1. The first-order chi connectivity index (χ1) is 9.69. The van der Waals surface area contributed by atoms with Crippen LogP contribution in [0.25, 0.3) is 10.9 Å². The van der Waals surface area contributed by atoms with Gasteiger partial charge in [0.25, 0.3) is 0 Å². The van der Waals surface area contributed by atoms with Gasteiger partial charge in [-0.15, -0.1) is 11.3 Å². The summed E-state index contributed by atoms with van der Waals surface area (Å²) in [5.41, 5.74) is 0.0301. The summed E-state index contributed by atoms with van der Waals surface area (Å²) in [7, 11) is 0. The maximum Gasteiger partial charge on any atom is 0.422 e. The van der Waals surface area contributed by atoms with E-state index in [0.717, 1.165) is 11.3 Å². The molecule has 0 unspecified atom stereocenters. The molecule has 2 heterocycles. The Morgan fingerprint density at radius 3 is 2.60 bits per heavy atom. The van der Waals surface area contributed by atoms with Crippen LogP contribution in [0.2, 0.25) is 0 Å². The van der Waals surface area contributed by atoms with E-state index in [0.29, 0.717) is 17.4 Å². The van der Waals surface area contributed by atoms with Gasteiger partial charge in [-0.3, -0.25) is 4.57 Å². The third kappa shape index (κ3) is 2.20. The van der Waals surface area contributed by atoms with E-state index < -0.39 is 11.4 Å². The molecule has 2 aromatic heterocycles.